The molecule has 1 aliphatic rings. The van der Waals surface area contributed by atoms with Crippen molar-refractivity contribution in [2.24, 2.45) is 0 Å². The highest BCUT2D eigenvalue weighted by Gasteiger charge is 2.28. The molecule has 0 unspecified atom stereocenters. The summed E-state index contributed by atoms with van der Waals surface area (Å²) < 4.78 is 13.5. The number of rotatable bonds is 6. The Kier molecular flexibility index (Phi) is 5.60. The van der Waals surface area contributed by atoms with Gasteiger partial charge in [-0.05, 0) is 68.0 Å². The van der Waals surface area contributed by atoms with E-state index < -0.39 is 0 Å². The van der Waals surface area contributed by atoms with Gasteiger partial charge in [0.25, 0.3) is 0 Å². The number of aromatic nitrogens is 2. The molecule has 168 valence electrons. The maximum Gasteiger partial charge on any atom is 0.231 e. The lowest BCUT2D eigenvalue weighted by Gasteiger charge is -2.09. The maximum absolute atomic E-state index is 13.0. The van der Waals surface area contributed by atoms with Gasteiger partial charge in [-0.15, -0.1) is 0 Å². The van der Waals surface area contributed by atoms with E-state index in [1.807, 2.05) is 91.5 Å². The van der Waals surface area contributed by atoms with Crippen molar-refractivity contribution in [1.29, 1.82) is 0 Å². The number of ketones is 1. The molecule has 5 rings (SSSR count). The van der Waals surface area contributed by atoms with Crippen LogP contribution in [0.2, 0.25) is 0 Å². The average Bonchev–Trinajstić information content (AvgIpc) is 3.40. The molecule has 5 heteroatoms. The molecule has 0 spiro atoms. The van der Waals surface area contributed by atoms with Crippen LogP contribution in [0.5, 0.6) is 11.5 Å². The summed E-state index contributed by atoms with van der Waals surface area (Å²) in [5.41, 5.74) is 5.97. The van der Waals surface area contributed by atoms with Crippen molar-refractivity contribution in [2.45, 2.75) is 13.8 Å². The molecule has 0 amide bonds. The van der Waals surface area contributed by atoms with Crippen molar-refractivity contribution >= 4 is 11.9 Å². The predicted octanol–water partition coefficient (Wildman–Crippen LogP) is 6.34. The van der Waals surface area contributed by atoms with Crippen molar-refractivity contribution in [3.8, 4) is 28.4 Å². The molecule has 0 saturated carbocycles. The van der Waals surface area contributed by atoms with E-state index in [0.29, 0.717) is 17.9 Å². The second-order valence-corrected chi connectivity index (χ2v) is 8.23. The van der Waals surface area contributed by atoms with E-state index in [-0.39, 0.29) is 11.5 Å². The summed E-state index contributed by atoms with van der Waals surface area (Å²) in [5, 5.41) is 4.86. The first-order valence-corrected chi connectivity index (χ1v) is 11.1. The SMILES string of the molecule is C=CCOc1ccc(-c2nn(-c3ccccc3)cc2/C=C2\Oc3ccc(C)cc3C2=O)cc1C. The molecular weight excluding hydrogens is 424 g/mol. The number of carbonyl (C=O) groups is 1. The number of allylic oxidation sites excluding steroid dienone is 1. The van der Waals surface area contributed by atoms with E-state index in [0.717, 1.165) is 39.4 Å². The number of ether oxygens (including phenoxy) is 2. The van der Waals surface area contributed by atoms with Crippen LogP contribution in [0.3, 0.4) is 0 Å². The molecule has 1 aromatic heterocycles. The number of carbonyl (C=O) groups excluding carboxylic acids is 1. The van der Waals surface area contributed by atoms with Crippen molar-refractivity contribution < 1.29 is 14.3 Å². The van der Waals surface area contributed by atoms with E-state index in [4.69, 9.17) is 14.6 Å². The second kappa shape index (κ2) is 8.87. The normalized spacial score (nSPS) is 13.6. The van der Waals surface area contributed by atoms with E-state index in [2.05, 4.69) is 6.58 Å². The number of hydrogen-bond donors (Lipinski definition) is 0. The summed E-state index contributed by atoms with van der Waals surface area (Å²) in [6.45, 7) is 8.11. The zero-order chi connectivity index (χ0) is 23.7. The summed E-state index contributed by atoms with van der Waals surface area (Å²) in [6.07, 6.45) is 5.41. The summed E-state index contributed by atoms with van der Waals surface area (Å²) in [7, 11) is 0. The van der Waals surface area contributed by atoms with Gasteiger partial charge in [0.15, 0.2) is 5.76 Å². The number of benzene rings is 3. The van der Waals surface area contributed by atoms with E-state index >= 15 is 0 Å². The first kappa shape index (κ1) is 21.5. The molecule has 0 radical (unpaired) electrons. The molecule has 3 aromatic carbocycles. The van der Waals surface area contributed by atoms with Gasteiger partial charge < -0.3 is 9.47 Å². The van der Waals surface area contributed by atoms with Crippen LogP contribution in [0.1, 0.15) is 27.0 Å². The lowest BCUT2D eigenvalue weighted by molar-refractivity contribution is 0.101. The number of nitrogens with zero attached hydrogens (tertiary/aromatic N) is 2. The van der Waals surface area contributed by atoms with Crippen molar-refractivity contribution in [2.75, 3.05) is 6.61 Å². The predicted molar refractivity (Wildman–Crippen MR) is 134 cm³/mol. The Morgan fingerprint density at radius 3 is 2.65 bits per heavy atom. The minimum atomic E-state index is -0.124. The molecule has 2 heterocycles. The summed E-state index contributed by atoms with van der Waals surface area (Å²) in [5.74, 6) is 1.54. The number of para-hydroxylation sites is 1. The van der Waals surface area contributed by atoms with Crippen LogP contribution in [0.25, 0.3) is 23.0 Å². The first-order valence-electron chi connectivity index (χ1n) is 11.1. The number of hydrogen-bond acceptors (Lipinski definition) is 4. The fraction of sp³-hybridized carbons (Fsp3) is 0.103. The maximum atomic E-state index is 13.0. The van der Waals surface area contributed by atoms with E-state index in [9.17, 15) is 4.79 Å². The number of aryl methyl sites for hydroxylation is 2. The third-order valence-corrected chi connectivity index (χ3v) is 5.68. The molecule has 5 nitrogen and oxygen atoms in total. The van der Waals surface area contributed by atoms with Crippen molar-refractivity contribution in [3.05, 3.63) is 114 Å². The Bertz CT molecular complexity index is 1430. The minimum absolute atomic E-state index is 0.124. The van der Waals surface area contributed by atoms with E-state index in [1.54, 1.807) is 12.2 Å². The van der Waals surface area contributed by atoms with Crippen LogP contribution in [0.4, 0.5) is 0 Å². The van der Waals surface area contributed by atoms with Crippen LogP contribution >= 0.6 is 0 Å². The third kappa shape index (κ3) is 4.04. The average molecular weight is 449 g/mol. The minimum Gasteiger partial charge on any atom is -0.489 e. The standard InChI is InChI=1S/C29H24N2O3/c1-4-14-33-25-13-11-21(16-20(25)3)28-22(18-31(30-28)23-8-6-5-7-9-23)17-27-29(32)24-15-19(2)10-12-26(24)34-27/h4-13,15-18H,1,14H2,2-3H3/b27-17-. The van der Waals surface area contributed by atoms with Gasteiger partial charge in [0.2, 0.25) is 5.78 Å². The number of fused-ring (bicyclic) bond motifs is 1. The molecular formula is C29H24N2O3. The lowest BCUT2D eigenvalue weighted by atomic mass is 10.0. The fourth-order valence-electron chi connectivity index (χ4n) is 3.98. The van der Waals surface area contributed by atoms with Gasteiger partial charge in [-0.2, -0.15) is 5.10 Å². The molecule has 4 aromatic rings. The molecule has 0 aliphatic carbocycles. The van der Waals surface area contributed by atoms with Gasteiger partial charge in [0.1, 0.15) is 23.8 Å². The summed E-state index contributed by atoms with van der Waals surface area (Å²) >= 11 is 0. The van der Waals surface area contributed by atoms with Crippen LogP contribution in [0.15, 0.2) is 91.3 Å². The number of Topliss-reactive ketones (excluding diaryl/α,β-unsaturated/α-hetero) is 1. The Morgan fingerprint density at radius 1 is 1.06 bits per heavy atom. The van der Waals surface area contributed by atoms with Crippen LogP contribution in [-0.4, -0.2) is 22.2 Å². The fourth-order valence-corrected chi connectivity index (χ4v) is 3.98. The first-order chi connectivity index (χ1) is 16.5. The highest BCUT2D eigenvalue weighted by Crippen LogP contribution is 2.35. The monoisotopic (exact) mass is 448 g/mol. The molecule has 0 bridgehead atoms. The van der Waals surface area contributed by atoms with Crippen LogP contribution < -0.4 is 9.47 Å². The van der Waals surface area contributed by atoms with Crippen LogP contribution in [-0.2, 0) is 0 Å². The Hall–Kier alpha value is -4.38. The smallest absolute Gasteiger partial charge is 0.231 e. The molecule has 0 N–H and O–H groups in total. The Balaban J connectivity index is 1.59. The summed E-state index contributed by atoms with van der Waals surface area (Å²) in [6, 6.07) is 21.4. The van der Waals surface area contributed by atoms with Gasteiger partial charge >= 0.3 is 0 Å². The lowest BCUT2D eigenvalue weighted by Crippen LogP contribution is -1.98. The van der Waals surface area contributed by atoms with Crippen LogP contribution in [0, 0.1) is 13.8 Å². The molecule has 34 heavy (non-hydrogen) atoms. The molecule has 0 saturated heterocycles. The van der Waals surface area contributed by atoms with E-state index in [1.165, 1.54) is 0 Å². The Labute approximate surface area is 198 Å². The van der Waals surface area contributed by atoms with Gasteiger partial charge in [0.05, 0.1) is 11.3 Å². The van der Waals surface area contributed by atoms with Gasteiger partial charge in [-0.25, -0.2) is 4.68 Å². The Morgan fingerprint density at radius 2 is 1.88 bits per heavy atom. The van der Waals surface area contributed by atoms with Gasteiger partial charge in [0, 0.05) is 17.3 Å². The molecule has 0 atom stereocenters. The van der Waals surface area contributed by atoms with Crippen molar-refractivity contribution in [1.82, 2.24) is 9.78 Å². The largest absolute Gasteiger partial charge is 0.489 e. The highest BCUT2D eigenvalue weighted by atomic mass is 16.5. The second-order valence-electron chi connectivity index (χ2n) is 8.23. The zero-order valence-corrected chi connectivity index (χ0v) is 19.1. The summed E-state index contributed by atoms with van der Waals surface area (Å²) in [4.78, 5) is 13.0. The quantitative estimate of drug-likeness (QED) is 0.255. The van der Waals surface area contributed by atoms with Gasteiger partial charge in [-0.1, -0.05) is 42.5 Å². The zero-order valence-electron chi connectivity index (χ0n) is 19.1. The topological polar surface area (TPSA) is 53.4 Å². The highest BCUT2D eigenvalue weighted by molar-refractivity contribution is 6.14. The van der Waals surface area contributed by atoms with Crippen molar-refractivity contribution in [3.63, 3.8) is 0 Å². The molecule has 1 aliphatic heterocycles. The third-order valence-electron chi connectivity index (χ3n) is 5.68. The van der Waals surface area contributed by atoms with Gasteiger partial charge in [-0.3, -0.25) is 4.79 Å². The molecule has 0 fully saturated rings.